The summed E-state index contributed by atoms with van der Waals surface area (Å²) in [7, 11) is 1.60. The van der Waals surface area contributed by atoms with Crippen LogP contribution in [0.2, 0.25) is 0 Å². The number of carbonyl (C=O) groups is 2. The van der Waals surface area contributed by atoms with E-state index in [2.05, 4.69) is 80.1 Å². The number of nitrogens with zero attached hydrogens (tertiary/aromatic N) is 3. The predicted octanol–water partition coefficient (Wildman–Crippen LogP) is 5.11. The van der Waals surface area contributed by atoms with Crippen LogP contribution in [0.4, 0.5) is 11.4 Å². The first kappa shape index (κ1) is 31.0. The van der Waals surface area contributed by atoms with Crippen LogP contribution in [0.3, 0.4) is 0 Å². The number of hydrogen-bond acceptors (Lipinski definition) is 6. The second kappa shape index (κ2) is 12.3. The van der Waals surface area contributed by atoms with E-state index < -0.39 is 0 Å². The molecule has 1 heterocycles. The summed E-state index contributed by atoms with van der Waals surface area (Å²) in [6.07, 6.45) is 3.65. The molecule has 40 heavy (non-hydrogen) atoms. The Kier molecular flexibility index (Phi) is 9.56. The highest BCUT2D eigenvalue weighted by Crippen LogP contribution is 2.39. The normalized spacial score (nSPS) is 12.6. The Morgan fingerprint density at radius 2 is 1.73 bits per heavy atom. The van der Waals surface area contributed by atoms with E-state index in [1.807, 2.05) is 26.0 Å². The van der Waals surface area contributed by atoms with Gasteiger partial charge in [0.2, 0.25) is 0 Å². The number of methoxy groups -OCH3 is 1. The molecular weight excluding hydrogens is 524 g/mol. The van der Waals surface area contributed by atoms with Gasteiger partial charge in [0.1, 0.15) is 0 Å². The minimum absolute atomic E-state index is 0.0510. The van der Waals surface area contributed by atoms with Crippen LogP contribution in [0.25, 0.3) is 5.69 Å². The van der Waals surface area contributed by atoms with Crippen LogP contribution in [0, 0.1) is 12.3 Å². The summed E-state index contributed by atoms with van der Waals surface area (Å²) in [5.41, 5.74) is 4.45. The number of nitrogens with one attached hydrogen (secondary N) is 3. The highest BCUT2D eigenvalue weighted by Gasteiger charge is 2.24. The third kappa shape index (κ3) is 7.35. The number of amides is 2. The van der Waals surface area contributed by atoms with Crippen molar-refractivity contribution in [2.75, 3.05) is 29.9 Å². The standard InChI is InChI=1S/C30H42N6O3S/c1-18-11-12-20(13-25(18)36-16-24(34-35-36)28(38)32-19(2)29(3,4)5)27(37)33-23-15-21(30(6,7)8)14-22(26(23)39-9)31-17-40-10/h11-16,19,31H,17H2,1-10H3,(H,32,38)(H,33,37)/p+1/t19-/m0/s1. The first-order valence-corrected chi connectivity index (χ1v) is 14.9. The Balaban J connectivity index is 1.92. The summed E-state index contributed by atoms with van der Waals surface area (Å²) in [6.45, 7) is 16.5. The fraction of sp³-hybridized carbons (Fsp3) is 0.467. The van der Waals surface area contributed by atoms with Crippen molar-refractivity contribution in [1.29, 1.82) is 0 Å². The summed E-state index contributed by atoms with van der Waals surface area (Å²) >= 11 is 1.19. The van der Waals surface area contributed by atoms with Gasteiger partial charge in [-0.2, -0.15) is 0 Å². The quantitative estimate of drug-likeness (QED) is 0.245. The second-order valence-electron chi connectivity index (χ2n) is 12.1. The lowest BCUT2D eigenvalue weighted by Gasteiger charge is -2.27. The van der Waals surface area contributed by atoms with Crippen LogP contribution in [0.1, 0.15) is 80.4 Å². The fourth-order valence-electron chi connectivity index (χ4n) is 3.83. The summed E-state index contributed by atoms with van der Waals surface area (Å²) in [5.74, 6) is 0.750. The molecule has 0 saturated heterocycles. The number of anilines is 2. The van der Waals surface area contributed by atoms with Crippen LogP contribution < -0.4 is 20.7 Å². The summed E-state index contributed by atoms with van der Waals surface area (Å²) in [6, 6.07) is 9.34. The Bertz CT molecular complexity index is 1370. The maximum absolute atomic E-state index is 13.5. The minimum Gasteiger partial charge on any atom is -0.492 e. The highest BCUT2D eigenvalue weighted by atomic mass is 32.2. The van der Waals surface area contributed by atoms with E-state index in [0.29, 0.717) is 22.7 Å². The number of hydrogen-bond donors (Lipinski definition) is 3. The van der Waals surface area contributed by atoms with Crippen molar-refractivity contribution in [1.82, 2.24) is 20.3 Å². The van der Waals surface area contributed by atoms with Crippen molar-refractivity contribution in [3.8, 4) is 11.4 Å². The Hall–Kier alpha value is -3.53. The third-order valence-corrected chi connectivity index (χ3v) is 7.40. The number of aromatic nitrogens is 3. The van der Waals surface area contributed by atoms with E-state index >= 15 is 0 Å². The van der Waals surface area contributed by atoms with Crippen molar-refractivity contribution >= 4 is 35.0 Å². The van der Waals surface area contributed by atoms with Gasteiger partial charge in [-0.1, -0.05) is 52.8 Å². The Morgan fingerprint density at radius 1 is 1.05 bits per heavy atom. The zero-order valence-corrected chi connectivity index (χ0v) is 26.2. The Labute approximate surface area is 241 Å². The molecule has 2 amide bonds. The summed E-state index contributed by atoms with van der Waals surface area (Å²) in [4.78, 5) is 26.2. The zero-order chi connectivity index (χ0) is 29.8. The number of rotatable bonds is 9. The molecule has 9 nitrogen and oxygen atoms in total. The molecule has 0 radical (unpaired) electrons. The monoisotopic (exact) mass is 567 g/mol. The molecular formula is C30H43N6O3S+. The lowest BCUT2D eigenvalue weighted by atomic mass is 9.86. The van der Waals surface area contributed by atoms with Gasteiger partial charge in [0.15, 0.2) is 17.3 Å². The van der Waals surface area contributed by atoms with Gasteiger partial charge in [0.25, 0.3) is 11.8 Å². The zero-order valence-electron chi connectivity index (χ0n) is 25.3. The van der Waals surface area contributed by atoms with E-state index in [0.717, 1.165) is 22.7 Å². The second-order valence-corrected chi connectivity index (χ2v) is 13.0. The third-order valence-electron chi connectivity index (χ3n) is 6.93. The van der Waals surface area contributed by atoms with Crippen LogP contribution in [-0.2, 0) is 17.2 Å². The molecule has 0 aliphatic heterocycles. The van der Waals surface area contributed by atoms with Crippen LogP contribution >= 0.6 is 0 Å². The van der Waals surface area contributed by atoms with E-state index in [4.69, 9.17) is 4.74 Å². The van der Waals surface area contributed by atoms with E-state index in [-0.39, 0.29) is 34.4 Å². The van der Waals surface area contributed by atoms with Gasteiger partial charge < -0.3 is 20.7 Å². The molecule has 3 aromatic rings. The number of benzene rings is 2. The number of carbonyl (C=O) groups excluding carboxylic acids is 2. The molecule has 1 atom stereocenters. The minimum atomic E-state index is -0.294. The topological polar surface area (TPSA) is 110 Å². The van der Waals surface area contributed by atoms with Gasteiger partial charge in [-0.25, -0.2) is 4.68 Å². The number of aryl methyl sites for hydroxylation is 1. The molecule has 0 fully saturated rings. The van der Waals surface area contributed by atoms with Crippen LogP contribution in [-0.4, -0.2) is 52.1 Å². The molecule has 10 heteroatoms. The van der Waals surface area contributed by atoms with Gasteiger partial charge in [-0.15, -0.1) is 5.10 Å². The lowest BCUT2D eigenvalue weighted by Crippen LogP contribution is -2.41. The molecule has 0 aliphatic rings. The van der Waals surface area contributed by atoms with Gasteiger partial charge in [0, 0.05) is 11.6 Å². The Morgan fingerprint density at radius 3 is 2.33 bits per heavy atom. The number of ether oxygens (including phenoxy) is 1. The van der Waals surface area contributed by atoms with Crippen molar-refractivity contribution in [3.63, 3.8) is 0 Å². The first-order valence-electron chi connectivity index (χ1n) is 13.3. The largest absolute Gasteiger partial charge is 0.492 e. The molecule has 0 spiro atoms. The van der Waals surface area contributed by atoms with E-state index in [1.54, 1.807) is 25.4 Å². The molecule has 1 aromatic heterocycles. The van der Waals surface area contributed by atoms with E-state index in [1.165, 1.54) is 16.4 Å². The van der Waals surface area contributed by atoms with Crippen molar-refractivity contribution < 1.29 is 14.3 Å². The lowest BCUT2D eigenvalue weighted by molar-refractivity contribution is 0.0904. The van der Waals surface area contributed by atoms with Crippen molar-refractivity contribution in [2.45, 2.75) is 66.8 Å². The van der Waals surface area contributed by atoms with Crippen LogP contribution in [0.15, 0.2) is 36.5 Å². The predicted molar refractivity (Wildman–Crippen MR) is 165 cm³/mol. The molecule has 0 aliphatic carbocycles. The maximum atomic E-state index is 13.5. The SMILES string of the molecule is COc1c(NC[SH+]C)cc(C(C)(C)C)cc1NC(=O)c1ccc(C)c(-n2cc(C(=O)N[C@@H](C)C(C)(C)C)nn2)c1. The molecule has 0 unspecified atom stereocenters. The molecule has 0 saturated carbocycles. The average Bonchev–Trinajstić information content (AvgIpc) is 3.36. The van der Waals surface area contributed by atoms with Crippen molar-refractivity contribution in [2.24, 2.45) is 5.41 Å². The molecule has 2 aromatic carbocycles. The smallest absolute Gasteiger partial charge is 0.273 e. The number of thiol groups is 1. The van der Waals surface area contributed by atoms with Crippen LogP contribution in [0.5, 0.6) is 5.75 Å². The van der Waals surface area contributed by atoms with Gasteiger partial charge >= 0.3 is 0 Å². The molecule has 0 bridgehead atoms. The summed E-state index contributed by atoms with van der Waals surface area (Å²) in [5, 5.41) is 17.7. The summed E-state index contributed by atoms with van der Waals surface area (Å²) < 4.78 is 7.25. The molecule has 3 N–H and O–H groups in total. The first-order chi connectivity index (χ1) is 18.6. The molecule has 3 rings (SSSR count). The highest BCUT2D eigenvalue weighted by molar-refractivity contribution is 7.77. The fourth-order valence-corrected chi connectivity index (χ4v) is 4.16. The maximum Gasteiger partial charge on any atom is 0.273 e. The van der Waals surface area contributed by atoms with E-state index in [9.17, 15) is 9.59 Å². The molecule has 216 valence electrons. The van der Waals surface area contributed by atoms with Gasteiger partial charge in [0.05, 0.1) is 36.6 Å². The average molecular weight is 568 g/mol. The van der Waals surface area contributed by atoms with Gasteiger partial charge in [-0.3, -0.25) is 9.59 Å². The van der Waals surface area contributed by atoms with Crippen molar-refractivity contribution in [3.05, 3.63) is 58.9 Å². The van der Waals surface area contributed by atoms with Gasteiger partial charge in [-0.05, 0) is 71.8 Å².